The number of hydrogen-bond acceptors (Lipinski definition) is 26. The largest absolute Gasteiger partial charge is 0.508 e. The Kier molecular flexibility index (Phi) is 49.1. The zero-order valence-corrected chi connectivity index (χ0v) is 81.6. The highest BCUT2D eigenvalue weighted by Crippen LogP contribution is 2.23. The van der Waals surface area contributed by atoms with E-state index in [-0.39, 0.29) is 107 Å². The number of carbonyl (C=O) groups is 18. The van der Waals surface area contributed by atoms with Crippen molar-refractivity contribution < 1.29 is 107 Å². The number of unbranched alkanes of at least 4 members (excludes halogenated alkanes) is 2. The molecular formula is C94H136N30O22. The summed E-state index contributed by atoms with van der Waals surface area (Å²) in [4.78, 5) is 266. The first-order valence-corrected chi connectivity index (χ1v) is 47.4. The standard InChI is InChI=1S/C94H136N30O22/c1-6-8-21-61(114-89(144)72(47-125)122-78(133)49(3)110-51(5)127)79(134)111-64(25-16-38-106-93(100)101)83(138)120-70(43-56-46-104-48-109-56)86(141)118-68(41-53-29-33-58(129)34-30-53)85(140)113-62(22-9-7-2)82(137)121-71(44-74(96)131)87(142)119-69(42-55-45-108-60-23-14-13-20-59(55)60)88(143)124-76(54-18-11-10-12-19-54)91(146)123-75(50(4)126)90(145)116-65(26-17-39-107-94(102)103)80(135)115-66(35-36-73(95)130)84(139)112-63(24-15-37-105-92(98)99)81(136)117-67(77(97)132)40-52-27-31-57(128)32-28-52/h10-14,18-20,23,27-34,45-46,48-50,61-72,75-76,108,125-126,128-129H,6-9,15-17,21-22,24-26,35-44,47H2,1-5H3,(H2,95,130)(H2,96,131)(H2,97,132)(H,104,109)(H,110,127)(H,111,134)(H,112,139)(H,113,140)(H,114,144)(H,115,135)(H,116,145)(H,117,136)(H,118,141)(H,119,142)(H,120,138)(H,121,137)(H,122,133)(H,123,146)(H,124,143)(H4,98,99,105)(H4,100,101,106)(H4,102,103,107)/t49-,50+,61-,62-,63-,64-,65-,66-,67-,68-,69-,70-,71-,72-,75-,76-/m0/s1. The van der Waals surface area contributed by atoms with Gasteiger partial charge in [-0.2, -0.15) is 0 Å². The lowest BCUT2D eigenvalue weighted by atomic mass is 10.0. The number of aromatic amines is 2. The van der Waals surface area contributed by atoms with E-state index in [0.717, 1.165) is 13.8 Å². The fourth-order valence-corrected chi connectivity index (χ4v) is 15.1. The Hall–Kier alpha value is -16.6. The number of aliphatic hydroxyl groups is 2. The molecule has 4 aromatic carbocycles. The summed E-state index contributed by atoms with van der Waals surface area (Å²) in [6.07, 6.45) is -0.754. The number of primary amides is 3. The Labute approximate surface area is 840 Å². The van der Waals surface area contributed by atoms with Crippen molar-refractivity contribution in [3.05, 3.63) is 150 Å². The molecule has 0 aliphatic rings. The summed E-state index contributed by atoms with van der Waals surface area (Å²) in [6, 6.07) is 0.208. The molecule has 52 nitrogen and oxygen atoms in total. The van der Waals surface area contributed by atoms with Gasteiger partial charge < -0.3 is 160 Å². The van der Waals surface area contributed by atoms with Crippen molar-refractivity contribution in [2.24, 2.45) is 34.4 Å². The molecule has 0 aliphatic carbocycles. The SMILES string of the molecule is CCCC[C@H](NC(=O)[C@H](CO)NC(=O)[C@H](C)NC(C)=O)C(=O)N[C@@H](CCCNC(=N)N)C(=O)N[C@@H](Cc1c[nH]cn1)C(=O)N[C@@H](Cc1ccc(O)cc1)C(=O)N[C@@H](CCCC)C(=O)N[C@@H](CC(N)=O)C(=O)N[C@@H](Cc1c[nH]c2ccccc12)C(=O)N[C@H](C(=O)N[C@H](C(=O)N[C@@H](CCCNC(=N)N)C(=O)N[C@@H](CCC(N)=O)C(=O)N[C@@H](CCCNC(=N)N)C(=O)N[C@@H](Cc1ccc(O)cc1)C(N)=O)[C@@H](C)O)c1ccccc1. The minimum Gasteiger partial charge on any atom is -0.508 e. The van der Waals surface area contributed by atoms with Crippen molar-refractivity contribution in [2.45, 2.75) is 253 Å². The Morgan fingerprint density at radius 2 is 0.760 bits per heavy atom. The number of nitrogens with two attached hydrogens (primary N) is 6. The van der Waals surface area contributed by atoms with Gasteiger partial charge in [0, 0.05) is 82.0 Å². The molecule has 0 spiro atoms. The van der Waals surface area contributed by atoms with Crippen LogP contribution in [0, 0.1) is 16.2 Å². The number of aliphatic hydroxyl groups excluding tert-OH is 2. The van der Waals surface area contributed by atoms with Crippen molar-refractivity contribution >= 4 is 135 Å². The van der Waals surface area contributed by atoms with Crippen LogP contribution in [0.5, 0.6) is 11.5 Å². The Bertz CT molecular complexity index is 5460. The lowest BCUT2D eigenvalue weighted by Gasteiger charge is -2.29. The molecule has 0 bridgehead atoms. The molecule has 0 saturated heterocycles. The molecule has 0 radical (unpaired) electrons. The smallest absolute Gasteiger partial charge is 0.247 e. The van der Waals surface area contributed by atoms with Crippen LogP contribution >= 0.6 is 0 Å². The minimum absolute atomic E-state index is 0.00332. The third-order valence-corrected chi connectivity index (χ3v) is 22.9. The number of benzene rings is 4. The molecule has 794 valence electrons. The first kappa shape index (κ1) is 118. The molecule has 6 aromatic rings. The maximum Gasteiger partial charge on any atom is 0.247 e. The summed E-state index contributed by atoms with van der Waals surface area (Å²) in [6.45, 7) is 6.06. The van der Waals surface area contributed by atoms with Gasteiger partial charge in [-0.25, -0.2) is 4.98 Å². The van der Waals surface area contributed by atoms with Crippen LogP contribution in [0.2, 0.25) is 0 Å². The number of phenols is 2. The van der Waals surface area contributed by atoms with Gasteiger partial charge in [-0.1, -0.05) is 112 Å². The number of aromatic hydroxyl groups is 2. The molecule has 2 heterocycles. The Balaban J connectivity index is 1.30. The van der Waals surface area contributed by atoms with E-state index in [9.17, 15) is 78.0 Å². The van der Waals surface area contributed by atoms with Gasteiger partial charge in [-0.15, -0.1) is 0 Å². The molecule has 0 unspecified atom stereocenters. The summed E-state index contributed by atoms with van der Waals surface area (Å²) < 4.78 is 0. The molecular weight excluding hydrogens is 1900 g/mol. The first-order valence-electron chi connectivity index (χ1n) is 47.4. The fraction of sp³-hybridized carbons (Fsp3) is 0.468. The van der Waals surface area contributed by atoms with Crippen LogP contribution in [0.4, 0.5) is 0 Å². The number of para-hydroxylation sites is 1. The summed E-state index contributed by atoms with van der Waals surface area (Å²) in [5, 5.41) is 111. The number of fused-ring (bicyclic) bond motifs is 1. The predicted molar refractivity (Wildman–Crippen MR) is 530 cm³/mol. The number of hydrogen-bond donors (Lipinski definition) is 33. The van der Waals surface area contributed by atoms with Gasteiger partial charge in [0.25, 0.3) is 0 Å². The highest BCUT2D eigenvalue weighted by molar-refractivity contribution is 6.02. The molecule has 18 amide bonds. The van der Waals surface area contributed by atoms with E-state index in [1.807, 2.05) is 0 Å². The quantitative estimate of drug-likeness (QED) is 0.00959. The van der Waals surface area contributed by atoms with Crippen LogP contribution in [0.15, 0.2) is 122 Å². The number of carbonyl (C=O) groups excluding carboxylic acids is 18. The van der Waals surface area contributed by atoms with Gasteiger partial charge in [0.2, 0.25) is 106 Å². The van der Waals surface area contributed by atoms with Crippen molar-refractivity contribution in [3.63, 3.8) is 0 Å². The lowest BCUT2D eigenvalue weighted by Crippen LogP contribution is -2.61. The van der Waals surface area contributed by atoms with Crippen LogP contribution in [0.25, 0.3) is 10.9 Å². The molecule has 52 heteroatoms. The van der Waals surface area contributed by atoms with E-state index in [4.69, 9.17) is 50.6 Å². The molecule has 16 atom stereocenters. The number of aromatic nitrogens is 3. The second-order valence-electron chi connectivity index (χ2n) is 34.8. The number of rotatable bonds is 64. The second kappa shape index (κ2) is 60.6. The highest BCUT2D eigenvalue weighted by atomic mass is 16.3. The Morgan fingerprint density at radius 1 is 0.384 bits per heavy atom. The predicted octanol–water partition coefficient (Wildman–Crippen LogP) is -6.57. The summed E-state index contributed by atoms with van der Waals surface area (Å²) >= 11 is 0. The molecule has 2 aromatic heterocycles. The van der Waals surface area contributed by atoms with Crippen molar-refractivity contribution in [1.82, 2.24) is 111 Å². The van der Waals surface area contributed by atoms with Gasteiger partial charge in [-0.3, -0.25) is 103 Å². The van der Waals surface area contributed by atoms with Crippen LogP contribution in [-0.2, 0) is 112 Å². The summed E-state index contributed by atoms with van der Waals surface area (Å²) in [7, 11) is 0. The molecule has 0 fully saturated rings. The normalized spacial score (nSPS) is 14.3. The minimum atomic E-state index is -2.04. The van der Waals surface area contributed by atoms with Crippen LogP contribution in [-0.4, -0.2) is 277 Å². The monoisotopic (exact) mass is 2040 g/mol. The van der Waals surface area contributed by atoms with Crippen LogP contribution < -0.4 is 130 Å². The number of nitrogens with zero attached hydrogens (tertiary/aromatic N) is 1. The summed E-state index contributed by atoms with van der Waals surface area (Å²) in [5.74, 6) is -20.4. The van der Waals surface area contributed by atoms with E-state index < -0.39 is 266 Å². The van der Waals surface area contributed by atoms with E-state index in [1.165, 1.54) is 98.4 Å². The van der Waals surface area contributed by atoms with Gasteiger partial charge >= 0.3 is 0 Å². The van der Waals surface area contributed by atoms with Crippen LogP contribution in [0.1, 0.15) is 165 Å². The number of amides is 18. The number of imidazole rings is 1. The average Bonchev–Trinajstić information content (AvgIpc) is 1.66. The van der Waals surface area contributed by atoms with E-state index >= 15 is 28.8 Å². The van der Waals surface area contributed by atoms with Crippen molar-refractivity contribution in [3.8, 4) is 11.5 Å². The van der Waals surface area contributed by atoms with Crippen LogP contribution in [0.3, 0.4) is 0 Å². The van der Waals surface area contributed by atoms with E-state index in [2.05, 4.69) is 111 Å². The van der Waals surface area contributed by atoms with E-state index in [0.29, 0.717) is 46.9 Å². The average molecular weight is 2040 g/mol. The molecule has 146 heavy (non-hydrogen) atoms. The molecule has 6 rings (SSSR count). The van der Waals surface area contributed by atoms with Gasteiger partial charge in [-0.05, 0) is 124 Å². The van der Waals surface area contributed by atoms with E-state index in [1.54, 1.807) is 44.2 Å². The maximum absolute atomic E-state index is 15.5. The third-order valence-electron chi connectivity index (χ3n) is 22.9. The van der Waals surface area contributed by atoms with Gasteiger partial charge in [0.05, 0.1) is 31.2 Å². The highest BCUT2D eigenvalue weighted by Gasteiger charge is 2.41. The third kappa shape index (κ3) is 41.2. The van der Waals surface area contributed by atoms with Crippen molar-refractivity contribution in [2.75, 3.05) is 26.2 Å². The number of nitrogens with one attached hydrogen (secondary N) is 23. The Morgan fingerprint density at radius 3 is 1.18 bits per heavy atom. The van der Waals surface area contributed by atoms with Gasteiger partial charge in [0.15, 0.2) is 17.9 Å². The molecule has 0 aliphatic heterocycles. The molecule has 0 saturated carbocycles. The number of phenolic OH excluding ortho intramolecular Hbond substituents is 2. The second-order valence-corrected chi connectivity index (χ2v) is 34.8. The zero-order valence-electron chi connectivity index (χ0n) is 81.6. The topological polar surface area (TPSA) is 877 Å². The fourth-order valence-electron chi connectivity index (χ4n) is 15.1. The van der Waals surface area contributed by atoms with Gasteiger partial charge in [0.1, 0.15) is 102 Å². The maximum atomic E-state index is 15.5. The lowest BCUT2D eigenvalue weighted by molar-refractivity contribution is -0.137. The molecule has 39 N–H and O–H groups in total. The van der Waals surface area contributed by atoms with Crippen molar-refractivity contribution in [1.29, 1.82) is 16.2 Å². The zero-order chi connectivity index (χ0) is 108. The number of H-pyrrole nitrogens is 2. The summed E-state index contributed by atoms with van der Waals surface area (Å²) in [5.41, 5.74) is 35.6. The first-order chi connectivity index (χ1) is 69.4. The number of guanidine groups is 3.